The summed E-state index contributed by atoms with van der Waals surface area (Å²) in [5.41, 5.74) is 5.04. The quantitative estimate of drug-likeness (QED) is 0.400. The molecule has 0 spiro atoms. The molecule has 0 fully saturated rings. The van der Waals surface area contributed by atoms with Crippen LogP contribution in [0, 0.1) is 5.82 Å². The van der Waals surface area contributed by atoms with Gasteiger partial charge in [0.2, 0.25) is 5.91 Å². The molecule has 4 nitrogen and oxygen atoms in total. The molecule has 1 aliphatic rings. The number of ether oxygens (including phenoxy) is 1. The number of carbonyl (C=O) groups excluding carboxylic acids is 1. The van der Waals surface area contributed by atoms with Crippen molar-refractivity contribution >= 4 is 23.1 Å². The van der Waals surface area contributed by atoms with E-state index in [9.17, 15) is 14.4 Å². The van der Waals surface area contributed by atoms with Gasteiger partial charge in [-0.2, -0.15) is 0 Å². The Kier molecular flexibility index (Phi) is 5.69. The van der Waals surface area contributed by atoms with Gasteiger partial charge in [-0.3, -0.25) is 10.0 Å². The zero-order valence-electron chi connectivity index (χ0n) is 17.3. The average Bonchev–Trinajstić information content (AvgIpc) is 3.01. The van der Waals surface area contributed by atoms with Gasteiger partial charge in [0.05, 0.1) is 6.42 Å². The highest BCUT2D eigenvalue weighted by molar-refractivity contribution is 6.08. The van der Waals surface area contributed by atoms with Gasteiger partial charge in [-0.15, -0.1) is 0 Å². The van der Waals surface area contributed by atoms with E-state index in [2.05, 4.69) is 0 Å². The first-order chi connectivity index (χ1) is 14.9. The number of fused-ring (bicyclic) bond motifs is 1. The minimum absolute atomic E-state index is 0.00349. The molecule has 3 aromatic rings. The van der Waals surface area contributed by atoms with Crippen molar-refractivity contribution in [1.29, 1.82) is 0 Å². The van der Waals surface area contributed by atoms with Crippen LogP contribution in [-0.2, 0) is 4.79 Å². The molecule has 1 N–H and O–H groups in total. The van der Waals surface area contributed by atoms with E-state index in [1.807, 2.05) is 67.6 Å². The number of hydroxylamine groups is 2. The third-order valence-corrected chi connectivity index (χ3v) is 5.31. The largest absolute Gasteiger partial charge is 0.457 e. The maximum atomic E-state index is 13.9. The highest BCUT2D eigenvalue weighted by Crippen LogP contribution is 2.44. The Balaban J connectivity index is 1.66. The minimum atomic E-state index is -0.451. The topological polar surface area (TPSA) is 49.8 Å². The first kappa shape index (κ1) is 20.6. The zero-order valence-corrected chi connectivity index (χ0v) is 17.3. The summed E-state index contributed by atoms with van der Waals surface area (Å²) in [6, 6.07) is 21.8. The fraction of sp³-hybridized carbons (Fsp3) is 0.115. The fourth-order valence-corrected chi connectivity index (χ4v) is 3.67. The summed E-state index contributed by atoms with van der Waals surface area (Å²) in [6.45, 7) is 1.91. The number of carbonyl (C=O) groups is 1. The van der Waals surface area contributed by atoms with Crippen molar-refractivity contribution in [3.8, 4) is 11.5 Å². The number of rotatable bonds is 5. The summed E-state index contributed by atoms with van der Waals surface area (Å²) in [4.78, 5) is 12.1. The maximum absolute atomic E-state index is 13.9. The van der Waals surface area contributed by atoms with Crippen LogP contribution in [-0.4, -0.2) is 23.2 Å². The third-order valence-electron chi connectivity index (χ3n) is 5.31. The molecular weight excluding hydrogens is 393 g/mol. The summed E-state index contributed by atoms with van der Waals surface area (Å²) in [6.07, 6.45) is 2.01. The molecule has 4 rings (SSSR count). The van der Waals surface area contributed by atoms with E-state index in [0.29, 0.717) is 10.6 Å². The van der Waals surface area contributed by atoms with Gasteiger partial charge in [-0.25, -0.2) is 9.45 Å². The van der Waals surface area contributed by atoms with Gasteiger partial charge in [-0.1, -0.05) is 36.4 Å². The number of para-hydroxylation sites is 1. The maximum Gasteiger partial charge on any atom is 0.250 e. The molecular formula is C26H22FNO3. The predicted octanol–water partition coefficient (Wildman–Crippen LogP) is 6.18. The molecule has 1 amide bonds. The number of allylic oxidation sites excluding steroid dienone is 2. The van der Waals surface area contributed by atoms with E-state index >= 15 is 0 Å². The first-order valence-corrected chi connectivity index (χ1v) is 9.93. The third kappa shape index (κ3) is 4.42. The Morgan fingerprint density at radius 2 is 1.68 bits per heavy atom. The SMILES string of the molecule is CC1=C(CC(=O)N(C)O)c2cc(F)ccc2/C1=C\c1ccc(Oc2ccccc2)cc1. The lowest BCUT2D eigenvalue weighted by Gasteiger charge is -2.10. The van der Waals surface area contributed by atoms with E-state index in [1.54, 1.807) is 6.07 Å². The number of amides is 1. The summed E-state index contributed by atoms with van der Waals surface area (Å²) in [5.74, 6) is 0.680. The smallest absolute Gasteiger partial charge is 0.250 e. The molecule has 0 bridgehead atoms. The monoisotopic (exact) mass is 415 g/mol. The van der Waals surface area contributed by atoms with Crippen LogP contribution in [0.25, 0.3) is 17.2 Å². The highest BCUT2D eigenvalue weighted by atomic mass is 19.1. The Hall–Kier alpha value is -3.70. The van der Waals surface area contributed by atoms with Crippen LogP contribution < -0.4 is 4.74 Å². The van der Waals surface area contributed by atoms with Gasteiger partial charge >= 0.3 is 0 Å². The Bertz CT molecular complexity index is 1180. The molecule has 0 aromatic heterocycles. The molecule has 0 radical (unpaired) electrons. The molecule has 0 atom stereocenters. The molecule has 0 aliphatic heterocycles. The minimum Gasteiger partial charge on any atom is -0.457 e. The number of halogens is 1. The van der Waals surface area contributed by atoms with E-state index in [-0.39, 0.29) is 12.2 Å². The average molecular weight is 415 g/mol. The second-order valence-electron chi connectivity index (χ2n) is 7.43. The molecule has 3 aromatic carbocycles. The first-order valence-electron chi connectivity index (χ1n) is 9.93. The number of benzene rings is 3. The second kappa shape index (κ2) is 8.58. The molecule has 0 saturated heterocycles. The lowest BCUT2D eigenvalue weighted by atomic mass is 10.0. The summed E-state index contributed by atoms with van der Waals surface area (Å²) >= 11 is 0. The molecule has 1 aliphatic carbocycles. The van der Waals surface area contributed by atoms with Crippen LogP contribution in [0.3, 0.4) is 0 Å². The standard InChI is InChI=1S/C26H22FNO3/c1-17-23(14-18-8-11-21(12-9-18)31-20-6-4-3-5-7-20)22-13-10-19(27)15-25(22)24(17)16-26(29)28(2)30/h3-15,30H,16H2,1-2H3/b23-14-. The molecule has 0 saturated carbocycles. The summed E-state index contributed by atoms with van der Waals surface area (Å²) in [5, 5.41) is 10.0. The van der Waals surface area contributed by atoms with Gasteiger partial charge in [0.15, 0.2) is 0 Å². The van der Waals surface area contributed by atoms with E-state index in [4.69, 9.17) is 4.74 Å². The zero-order chi connectivity index (χ0) is 22.0. The second-order valence-corrected chi connectivity index (χ2v) is 7.43. The van der Waals surface area contributed by atoms with Crippen LogP contribution in [0.1, 0.15) is 30.0 Å². The lowest BCUT2D eigenvalue weighted by molar-refractivity contribution is -0.157. The highest BCUT2D eigenvalue weighted by Gasteiger charge is 2.26. The van der Waals surface area contributed by atoms with Crippen LogP contribution in [0.4, 0.5) is 4.39 Å². The molecule has 0 unspecified atom stereocenters. The van der Waals surface area contributed by atoms with Gasteiger partial charge in [0.1, 0.15) is 17.3 Å². The van der Waals surface area contributed by atoms with Crippen LogP contribution in [0.15, 0.2) is 78.4 Å². The van der Waals surface area contributed by atoms with Crippen molar-refractivity contribution in [2.24, 2.45) is 0 Å². The van der Waals surface area contributed by atoms with Crippen molar-refractivity contribution in [2.75, 3.05) is 7.05 Å². The molecule has 5 heteroatoms. The van der Waals surface area contributed by atoms with Crippen molar-refractivity contribution in [2.45, 2.75) is 13.3 Å². The molecule has 156 valence electrons. The lowest BCUT2D eigenvalue weighted by Crippen LogP contribution is -2.22. The van der Waals surface area contributed by atoms with Crippen LogP contribution >= 0.6 is 0 Å². The molecule has 31 heavy (non-hydrogen) atoms. The number of hydrogen-bond donors (Lipinski definition) is 1. The normalized spacial score (nSPS) is 14.0. The van der Waals surface area contributed by atoms with E-state index in [1.165, 1.54) is 19.2 Å². The van der Waals surface area contributed by atoms with Crippen molar-refractivity contribution in [1.82, 2.24) is 5.06 Å². The molecule has 0 heterocycles. The Labute approximate surface area is 180 Å². The van der Waals surface area contributed by atoms with E-state index in [0.717, 1.165) is 39.3 Å². The predicted molar refractivity (Wildman–Crippen MR) is 119 cm³/mol. The van der Waals surface area contributed by atoms with Gasteiger partial charge in [0.25, 0.3) is 0 Å². The Morgan fingerprint density at radius 3 is 2.35 bits per heavy atom. The van der Waals surface area contributed by atoms with Crippen molar-refractivity contribution in [3.63, 3.8) is 0 Å². The van der Waals surface area contributed by atoms with Crippen molar-refractivity contribution < 1.29 is 19.1 Å². The Morgan fingerprint density at radius 1 is 1.00 bits per heavy atom. The fourth-order valence-electron chi connectivity index (χ4n) is 3.67. The van der Waals surface area contributed by atoms with E-state index < -0.39 is 5.91 Å². The van der Waals surface area contributed by atoms with Crippen LogP contribution in [0.5, 0.6) is 11.5 Å². The van der Waals surface area contributed by atoms with Gasteiger partial charge in [0, 0.05) is 7.05 Å². The summed E-state index contributed by atoms with van der Waals surface area (Å²) < 4.78 is 19.8. The number of nitrogens with zero attached hydrogens (tertiary/aromatic N) is 1. The summed E-state index contributed by atoms with van der Waals surface area (Å²) in [7, 11) is 1.29. The number of hydrogen-bond acceptors (Lipinski definition) is 3. The van der Waals surface area contributed by atoms with Gasteiger partial charge < -0.3 is 4.74 Å². The van der Waals surface area contributed by atoms with Gasteiger partial charge in [-0.05, 0) is 82.8 Å². The van der Waals surface area contributed by atoms with Crippen LogP contribution in [0.2, 0.25) is 0 Å². The van der Waals surface area contributed by atoms with Crippen molar-refractivity contribution in [3.05, 3.63) is 101 Å².